The normalized spacial score (nSPS) is 16.9. The van der Waals surface area contributed by atoms with Crippen molar-refractivity contribution >= 4 is 5.91 Å². The lowest BCUT2D eigenvalue weighted by Crippen LogP contribution is -2.28. The van der Waals surface area contributed by atoms with Crippen LogP contribution in [0.5, 0.6) is 0 Å². The first-order valence-electron chi connectivity index (χ1n) is 7.52. The highest BCUT2D eigenvalue weighted by Crippen LogP contribution is 2.32. The number of aryl methyl sites for hydroxylation is 1. The van der Waals surface area contributed by atoms with E-state index in [4.69, 9.17) is 10.00 Å². The van der Waals surface area contributed by atoms with Crippen LogP contribution in [0, 0.1) is 11.3 Å². The molecule has 0 saturated carbocycles. The van der Waals surface area contributed by atoms with E-state index < -0.39 is 0 Å². The molecule has 1 amide bonds. The third kappa shape index (κ3) is 4.30. The molecule has 112 valence electrons. The van der Waals surface area contributed by atoms with Crippen LogP contribution in [0.2, 0.25) is 0 Å². The second-order valence-electron chi connectivity index (χ2n) is 5.42. The van der Waals surface area contributed by atoms with Crippen LogP contribution in [0.4, 0.5) is 0 Å². The lowest BCUT2D eigenvalue weighted by Gasteiger charge is -2.26. The fraction of sp³-hybridized carbons (Fsp3) is 0.529. The highest BCUT2D eigenvalue weighted by Gasteiger charge is 2.20. The van der Waals surface area contributed by atoms with E-state index in [0.717, 1.165) is 19.3 Å². The fourth-order valence-electron chi connectivity index (χ4n) is 2.70. The van der Waals surface area contributed by atoms with Crippen molar-refractivity contribution in [2.75, 3.05) is 20.2 Å². The number of ether oxygens (including phenoxy) is 1. The molecule has 0 saturated heterocycles. The van der Waals surface area contributed by atoms with Crippen molar-refractivity contribution < 1.29 is 9.53 Å². The Kier molecular flexibility index (Phi) is 5.77. The summed E-state index contributed by atoms with van der Waals surface area (Å²) in [6, 6.07) is 10.4. The summed E-state index contributed by atoms with van der Waals surface area (Å²) in [6.07, 6.45) is 4.14. The van der Waals surface area contributed by atoms with E-state index in [0.29, 0.717) is 26.0 Å². The van der Waals surface area contributed by atoms with Crippen molar-refractivity contribution in [3.8, 4) is 6.07 Å². The first-order valence-corrected chi connectivity index (χ1v) is 7.52. The quantitative estimate of drug-likeness (QED) is 0.808. The Hall–Kier alpha value is -1.86. The van der Waals surface area contributed by atoms with Crippen molar-refractivity contribution in [3.05, 3.63) is 35.4 Å². The maximum atomic E-state index is 11.9. The van der Waals surface area contributed by atoms with Crippen molar-refractivity contribution in [3.63, 3.8) is 0 Å². The molecule has 0 spiro atoms. The Balaban J connectivity index is 1.80. The van der Waals surface area contributed by atoms with E-state index in [1.165, 1.54) is 11.1 Å². The maximum absolute atomic E-state index is 11.9. The highest BCUT2D eigenvalue weighted by molar-refractivity contribution is 5.75. The average Bonchev–Trinajstić information content (AvgIpc) is 2.52. The molecule has 1 aromatic carbocycles. The molecular formula is C17H22N2O2. The van der Waals surface area contributed by atoms with Gasteiger partial charge in [-0.1, -0.05) is 24.3 Å². The molecule has 1 unspecified atom stereocenters. The van der Waals surface area contributed by atoms with Gasteiger partial charge in [0.2, 0.25) is 5.91 Å². The molecule has 0 aliphatic heterocycles. The van der Waals surface area contributed by atoms with Crippen LogP contribution < -0.4 is 0 Å². The lowest BCUT2D eigenvalue weighted by molar-refractivity contribution is -0.131. The Morgan fingerprint density at radius 1 is 1.48 bits per heavy atom. The van der Waals surface area contributed by atoms with Crippen LogP contribution in [0.1, 0.15) is 42.9 Å². The summed E-state index contributed by atoms with van der Waals surface area (Å²) in [4.78, 5) is 13.5. The van der Waals surface area contributed by atoms with E-state index in [-0.39, 0.29) is 12.0 Å². The summed E-state index contributed by atoms with van der Waals surface area (Å²) in [5.41, 5.74) is 2.64. The zero-order valence-electron chi connectivity index (χ0n) is 12.5. The summed E-state index contributed by atoms with van der Waals surface area (Å²) in [5.74, 6) is 0.0364. The molecule has 2 rings (SSSR count). The number of nitriles is 1. The zero-order valence-corrected chi connectivity index (χ0v) is 12.5. The summed E-state index contributed by atoms with van der Waals surface area (Å²) >= 11 is 0. The second-order valence-corrected chi connectivity index (χ2v) is 5.42. The number of rotatable bonds is 6. The molecule has 0 aromatic heterocycles. The number of carbonyl (C=O) groups excluding carboxylic acids is 1. The molecule has 0 N–H and O–H groups in total. The second kappa shape index (κ2) is 7.80. The predicted molar refractivity (Wildman–Crippen MR) is 80.6 cm³/mol. The van der Waals surface area contributed by atoms with E-state index in [1.54, 1.807) is 11.9 Å². The number of hydrogen-bond donors (Lipinski definition) is 0. The van der Waals surface area contributed by atoms with Crippen LogP contribution in [-0.2, 0) is 16.0 Å². The predicted octanol–water partition coefficient (Wildman–Crippen LogP) is 2.84. The van der Waals surface area contributed by atoms with Crippen LogP contribution in [0.25, 0.3) is 0 Å². The molecular weight excluding hydrogens is 264 g/mol. The first-order chi connectivity index (χ1) is 10.2. The molecule has 1 aromatic rings. The van der Waals surface area contributed by atoms with E-state index in [9.17, 15) is 4.79 Å². The highest BCUT2D eigenvalue weighted by atomic mass is 16.5. The fourth-order valence-corrected chi connectivity index (χ4v) is 2.70. The first kappa shape index (κ1) is 15.5. The minimum Gasteiger partial charge on any atom is -0.373 e. The van der Waals surface area contributed by atoms with Gasteiger partial charge in [0.25, 0.3) is 0 Å². The Labute approximate surface area is 126 Å². The van der Waals surface area contributed by atoms with Gasteiger partial charge in [-0.2, -0.15) is 5.26 Å². The SMILES string of the molecule is CN(CCC#N)C(=O)CCOC1CCCc2ccccc21. The van der Waals surface area contributed by atoms with E-state index in [2.05, 4.69) is 18.2 Å². The largest absolute Gasteiger partial charge is 0.373 e. The molecule has 0 fully saturated rings. The van der Waals surface area contributed by atoms with Crippen molar-refractivity contribution in [1.29, 1.82) is 5.26 Å². The Morgan fingerprint density at radius 3 is 3.10 bits per heavy atom. The number of amides is 1. The molecule has 1 aliphatic carbocycles. The van der Waals surface area contributed by atoms with Crippen LogP contribution in [-0.4, -0.2) is 31.0 Å². The van der Waals surface area contributed by atoms with Crippen molar-refractivity contribution in [2.24, 2.45) is 0 Å². The van der Waals surface area contributed by atoms with Gasteiger partial charge in [-0.25, -0.2) is 0 Å². The third-order valence-electron chi connectivity index (χ3n) is 3.93. The van der Waals surface area contributed by atoms with Crippen LogP contribution in [0.3, 0.4) is 0 Å². The van der Waals surface area contributed by atoms with Crippen LogP contribution >= 0.6 is 0 Å². The number of nitrogens with zero attached hydrogens (tertiary/aromatic N) is 2. The van der Waals surface area contributed by atoms with Gasteiger partial charge in [-0.3, -0.25) is 4.79 Å². The summed E-state index contributed by atoms with van der Waals surface area (Å²) in [7, 11) is 1.73. The lowest BCUT2D eigenvalue weighted by atomic mass is 9.89. The van der Waals surface area contributed by atoms with Gasteiger partial charge in [-0.15, -0.1) is 0 Å². The van der Waals surface area contributed by atoms with Gasteiger partial charge in [0.1, 0.15) is 0 Å². The van der Waals surface area contributed by atoms with Crippen molar-refractivity contribution in [1.82, 2.24) is 4.90 Å². The minimum atomic E-state index is 0.0364. The molecule has 21 heavy (non-hydrogen) atoms. The van der Waals surface area contributed by atoms with Gasteiger partial charge < -0.3 is 9.64 Å². The number of hydrogen-bond acceptors (Lipinski definition) is 3. The summed E-state index contributed by atoms with van der Waals surface area (Å²) < 4.78 is 5.92. The standard InChI is InChI=1S/C17H22N2O2/c1-19(12-5-11-18)17(20)10-13-21-16-9-4-7-14-6-2-3-8-15(14)16/h2-3,6,8,16H,4-5,7,9-10,12-13H2,1H3. The number of benzene rings is 1. The van der Waals surface area contributed by atoms with Gasteiger partial charge in [0, 0.05) is 13.6 Å². The molecule has 0 heterocycles. The Morgan fingerprint density at radius 2 is 2.29 bits per heavy atom. The van der Waals surface area contributed by atoms with Gasteiger partial charge in [-0.05, 0) is 30.4 Å². The molecule has 4 heteroatoms. The number of fused-ring (bicyclic) bond motifs is 1. The Bertz CT molecular complexity index is 522. The molecule has 0 radical (unpaired) electrons. The van der Waals surface area contributed by atoms with Crippen LogP contribution in [0.15, 0.2) is 24.3 Å². The van der Waals surface area contributed by atoms with E-state index in [1.807, 2.05) is 12.1 Å². The van der Waals surface area contributed by atoms with Gasteiger partial charge >= 0.3 is 0 Å². The molecule has 1 aliphatic rings. The van der Waals surface area contributed by atoms with Gasteiger partial charge in [0.15, 0.2) is 0 Å². The van der Waals surface area contributed by atoms with E-state index >= 15 is 0 Å². The van der Waals surface area contributed by atoms with Crippen molar-refractivity contribution in [2.45, 2.75) is 38.2 Å². The smallest absolute Gasteiger partial charge is 0.224 e. The topological polar surface area (TPSA) is 53.3 Å². The third-order valence-corrected chi connectivity index (χ3v) is 3.93. The number of carbonyl (C=O) groups is 1. The monoisotopic (exact) mass is 286 g/mol. The average molecular weight is 286 g/mol. The summed E-state index contributed by atoms with van der Waals surface area (Å²) in [6.45, 7) is 0.927. The zero-order chi connectivity index (χ0) is 15.1. The van der Waals surface area contributed by atoms with Gasteiger partial charge in [0.05, 0.1) is 31.6 Å². The maximum Gasteiger partial charge on any atom is 0.224 e. The molecule has 4 nitrogen and oxygen atoms in total. The molecule has 1 atom stereocenters. The molecule has 0 bridgehead atoms. The summed E-state index contributed by atoms with van der Waals surface area (Å²) in [5, 5.41) is 8.52. The minimum absolute atomic E-state index is 0.0364.